The van der Waals surface area contributed by atoms with E-state index in [9.17, 15) is 0 Å². The van der Waals surface area contributed by atoms with Crippen LogP contribution in [0.25, 0.3) is 0 Å². The minimum Gasteiger partial charge on any atom is -0.396 e. The van der Waals surface area contributed by atoms with Gasteiger partial charge in [-0.2, -0.15) is 11.8 Å². The molecular formula is C19H43O5PS. The number of hydrogen-bond acceptors (Lipinski definition) is 3. The minimum atomic E-state index is -4.64. The van der Waals surface area contributed by atoms with Crippen LogP contribution in [-0.2, 0) is 4.57 Å². The summed E-state index contributed by atoms with van der Waals surface area (Å²) in [5, 5.41) is 8.68. The Morgan fingerprint density at radius 1 is 0.615 bits per heavy atom. The zero-order valence-electron chi connectivity index (χ0n) is 16.8. The van der Waals surface area contributed by atoms with E-state index in [1.54, 1.807) is 0 Å². The van der Waals surface area contributed by atoms with E-state index in [0.29, 0.717) is 6.61 Å². The van der Waals surface area contributed by atoms with Crippen LogP contribution in [0.2, 0.25) is 0 Å². The number of aliphatic hydroxyl groups excluding tert-OH is 1. The van der Waals surface area contributed by atoms with Gasteiger partial charge in [0.15, 0.2) is 0 Å². The summed E-state index contributed by atoms with van der Waals surface area (Å²) in [7, 11) is -4.64. The van der Waals surface area contributed by atoms with Crippen molar-refractivity contribution in [3.63, 3.8) is 0 Å². The molecule has 7 heteroatoms. The predicted octanol–water partition coefficient (Wildman–Crippen LogP) is 5.65. The molecule has 0 aliphatic rings. The first kappa shape index (κ1) is 28.6. The van der Waals surface area contributed by atoms with Crippen LogP contribution in [0, 0.1) is 0 Å². The Kier molecular flexibility index (Phi) is 25.8. The summed E-state index contributed by atoms with van der Waals surface area (Å²) in [5.41, 5.74) is 0. The van der Waals surface area contributed by atoms with E-state index in [-0.39, 0.29) is 0 Å². The molecule has 0 amide bonds. The normalized spacial score (nSPS) is 11.3. The number of thioether (sulfide) groups is 1. The standard InChI is InChI=1S/C19H40OS.H3O4P/c1-2-3-4-5-6-7-8-9-10-11-12-13-14-15-18-21-19-16-17-20;1-5(2,3)4/h20H,2-19H2,1H3;(H3,1,2,3,4). The molecule has 0 saturated heterocycles. The molecule has 0 heterocycles. The van der Waals surface area contributed by atoms with Crippen molar-refractivity contribution in [2.45, 2.75) is 103 Å². The van der Waals surface area contributed by atoms with E-state index < -0.39 is 7.82 Å². The van der Waals surface area contributed by atoms with E-state index in [1.165, 1.54) is 95.6 Å². The highest BCUT2D eigenvalue weighted by Crippen LogP contribution is 2.25. The van der Waals surface area contributed by atoms with Gasteiger partial charge in [0, 0.05) is 6.61 Å². The molecule has 0 saturated carbocycles. The van der Waals surface area contributed by atoms with Gasteiger partial charge in [0.05, 0.1) is 0 Å². The first-order valence-corrected chi connectivity index (χ1v) is 13.1. The van der Waals surface area contributed by atoms with Crippen LogP contribution in [-0.4, -0.2) is 37.9 Å². The highest BCUT2D eigenvalue weighted by atomic mass is 32.2. The van der Waals surface area contributed by atoms with Crippen LogP contribution >= 0.6 is 19.6 Å². The number of unbranched alkanes of at least 4 members (excludes halogenated alkanes) is 13. The van der Waals surface area contributed by atoms with Gasteiger partial charge in [0.25, 0.3) is 0 Å². The number of rotatable bonds is 18. The lowest BCUT2D eigenvalue weighted by Crippen LogP contribution is -1.88. The summed E-state index contributed by atoms with van der Waals surface area (Å²) in [5.74, 6) is 2.42. The third-order valence-corrected chi connectivity index (χ3v) is 5.24. The largest absolute Gasteiger partial charge is 0.466 e. The molecule has 0 unspecified atom stereocenters. The Morgan fingerprint density at radius 3 is 1.27 bits per heavy atom. The summed E-state index contributed by atoms with van der Waals surface area (Å²) >= 11 is 2.00. The van der Waals surface area contributed by atoms with Crippen LogP contribution in [0.4, 0.5) is 0 Å². The average Bonchev–Trinajstić information content (AvgIpc) is 2.56. The Morgan fingerprint density at radius 2 is 0.923 bits per heavy atom. The Labute approximate surface area is 165 Å². The van der Waals surface area contributed by atoms with Crippen molar-refractivity contribution >= 4 is 19.6 Å². The zero-order chi connectivity index (χ0) is 19.9. The molecule has 0 bridgehead atoms. The summed E-state index contributed by atoms with van der Waals surface area (Å²) in [4.78, 5) is 21.6. The van der Waals surface area contributed by atoms with Gasteiger partial charge in [-0.05, 0) is 24.3 Å². The van der Waals surface area contributed by atoms with Crippen LogP contribution in [0.5, 0.6) is 0 Å². The first-order valence-electron chi connectivity index (χ1n) is 10.4. The van der Waals surface area contributed by atoms with Crippen molar-refractivity contribution in [1.82, 2.24) is 0 Å². The quantitative estimate of drug-likeness (QED) is 0.171. The van der Waals surface area contributed by atoms with Crippen LogP contribution in [0.3, 0.4) is 0 Å². The minimum absolute atomic E-state index is 0.353. The van der Waals surface area contributed by atoms with E-state index in [2.05, 4.69) is 6.92 Å². The van der Waals surface area contributed by atoms with Crippen LogP contribution in [0.1, 0.15) is 103 Å². The zero-order valence-corrected chi connectivity index (χ0v) is 18.5. The highest BCUT2D eigenvalue weighted by Gasteiger charge is 2.00. The smallest absolute Gasteiger partial charge is 0.396 e. The molecule has 0 radical (unpaired) electrons. The second kappa shape index (κ2) is 23.5. The monoisotopic (exact) mass is 414 g/mol. The van der Waals surface area contributed by atoms with Gasteiger partial charge in [-0.25, -0.2) is 4.57 Å². The lowest BCUT2D eigenvalue weighted by molar-refractivity contribution is 0.275. The number of aliphatic hydroxyl groups is 1. The molecular weight excluding hydrogens is 371 g/mol. The van der Waals surface area contributed by atoms with Gasteiger partial charge in [0.2, 0.25) is 0 Å². The maximum atomic E-state index is 8.88. The third-order valence-electron chi connectivity index (χ3n) is 4.09. The van der Waals surface area contributed by atoms with E-state index in [4.69, 9.17) is 24.4 Å². The van der Waals surface area contributed by atoms with Crippen LogP contribution in [0.15, 0.2) is 0 Å². The number of phosphoric acid groups is 1. The fourth-order valence-corrected chi connectivity index (χ4v) is 3.61. The highest BCUT2D eigenvalue weighted by molar-refractivity contribution is 7.99. The van der Waals surface area contributed by atoms with Gasteiger partial charge >= 0.3 is 7.82 Å². The average molecular weight is 415 g/mol. The lowest BCUT2D eigenvalue weighted by atomic mass is 10.0. The van der Waals surface area contributed by atoms with E-state index in [1.807, 2.05) is 11.8 Å². The van der Waals surface area contributed by atoms with Gasteiger partial charge in [-0.1, -0.05) is 90.4 Å². The summed E-state index contributed by atoms with van der Waals surface area (Å²) in [6.45, 7) is 2.64. The Balaban J connectivity index is 0. The molecule has 0 aromatic heterocycles. The third kappa shape index (κ3) is 39.5. The topological polar surface area (TPSA) is 98.0 Å². The second-order valence-corrected chi connectivity index (χ2v) is 9.05. The van der Waals surface area contributed by atoms with Gasteiger partial charge < -0.3 is 19.8 Å². The fourth-order valence-electron chi connectivity index (χ4n) is 2.67. The van der Waals surface area contributed by atoms with Crippen molar-refractivity contribution in [2.24, 2.45) is 0 Å². The first-order chi connectivity index (χ1) is 12.4. The lowest BCUT2D eigenvalue weighted by Gasteiger charge is -2.03. The molecule has 0 aliphatic carbocycles. The molecule has 0 spiro atoms. The van der Waals surface area contributed by atoms with Gasteiger partial charge in [-0.3, -0.25) is 0 Å². The summed E-state index contributed by atoms with van der Waals surface area (Å²) in [6, 6.07) is 0. The fraction of sp³-hybridized carbons (Fsp3) is 1.00. The van der Waals surface area contributed by atoms with Crippen molar-refractivity contribution in [1.29, 1.82) is 0 Å². The second-order valence-electron chi connectivity index (χ2n) is 6.80. The Hall–Kier alpha value is 0.420. The van der Waals surface area contributed by atoms with Crippen molar-refractivity contribution in [3.05, 3.63) is 0 Å². The number of hydrogen-bond donors (Lipinski definition) is 4. The summed E-state index contributed by atoms with van der Waals surface area (Å²) in [6.07, 6.45) is 21.1. The van der Waals surface area contributed by atoms with Gasteiger partial charge in [0.1, 0.15) is 0 Å². The SMILES string of the molecule is CCCCCCCCCCCCCCCCSCCCO.O=P(O)(O)O. The molecule has 0 fully saturated rings. The van der Waals surface area contributed by atoms with E-state index >= 15 is 0 Å². The molecule has 0 aromatic carbocycles. The van der Waals surface area contributed by atoms with Gasteiger partial charge in [-0.15, -0.1) is 0 Å². The van der Waals surface area contributed by atoms with Crippen LogP contribution < -0.4 is 0 Å². The van der Waals surface area contributed by atoms with Crippen molar-refractivity contribution in [3.8, 4) is 0 Å². The Bertz CT molecular complexity index is 273. The molecule has 5 nitrogen and oxygen atoms in total. The molecule has 26 heavy (non-hydrogen) atoms. The predicted molar refractivity (Wildman–Crippen MR) is 114 cm³/mol. The van der Waals surface area contributed by atoms with Crippen molar-refractivity contribution < 1.29 is 24.4 Å². The van der Waals surface area contributed by atoms with E-state index in [0.717, 1.165) is 12.2 Å². The molecule has 160 valence electrons. The molecule has 0 atom stereocenters. The molecule has 0 aliphatic heterocycles. The summed E-state index contributed by atoms with van der Waals surface area (Å²) < 4.78 is 8.88. The molecule has 0 aromatic rings. The maximum Gasteiger partial charge on any atom is 0.466 e. The molecule has 0 rings (SSSR count). The van der Waals surface area contributed by atoms with Crippen molar-refractivity contribution in [2.75, 3.05) is 18.1 Å². The maximum absolute atomic E-state index is 8.88. The molecule has 4 N–H and O–H groups in total.